The Kier molecular flexibility index (Phi) is 5.64. The largest absolute Gasteiger partial charge is 0.489 e. The first kappa shape index (κ1) is 18.9. The van der Waals surface area contributed by atoms with Gasteiger partial charge in [0.15, 0.2) is 0 Å². The molecule has 1 aliphatic rings. The van der Waals surface area contributed by atoms with Crippen molar-refractivity contribution >= 4 is 27.3 Å². The van der Waals surface area contributed by atoms with Gasteiger partial charge in [-0.1, -0.05) is 11.6 Å². The van der Waals surface area contributed by atoms with Crippen LogP contribution in [0.2, 0.25) is 5.02 Å². The molecule has 0 spiro atoms. The predicted molar refractivity (Wildman–Crippen MR) is 93.1 cm³/mol. The van der Waals surface area contributed by atoms with E-state index in [9.17, 15) is 17.2 Å². The lowest BCUT2D eigenvalue weighted by Gasteiger charge is -2.16. The maximum absolute atomic E-state index is 13.3. The molecular formula is C17H16ClF2NO4S. The van der Waals surface area contributed by atoms with E-state index in [4.69, 9.17) is 21.1 Å². The van der Waals surface area contributed by atoms with Crippen molar-refractivity contribution in [1.29, 1.82) is 0 Å². The highest BCUT2D eigenvalue weighted by molar-refractivity contribution is 7.92. The van der Waals surface area contributed by atoms with Crippen molar-refractivity contribution in [2.45, 2.75) is 23.8 Å². The zero-order chi connectivity index (χ0) is 18.7. The van der Waals surface area contributed by atoms with Crippen LogP contribution in [0.25, 0.3) is 0 Å². The summed E-state index contributed by atoms with van der Waals surface area (Å²) in [7, 11) is -4.23. The lowest BCUT2D eigenvalue weighted by Crippen LogP contribution is -2.18. The molecule has 0 amide bonds. The molecule has 1 N–H and O–H groups in total. The van der Waals surface area contributed by atoms with Crippen LogP contribution in [-0.4, -0.2) is 27.7 Å². The number of hydrogen-bond donors (Lipinski definition) is 1. The predicted octanol–water partition coefficient (Wildman–Crippen LogP) is 3.98. The maximum atomic E-state index is 13.3. The monoisotopic (exact) mass is 403 g/mol. The Hall–Kier alpha value is -1.90. The smallest absolute Gasteiger partial charge is 0.262 e. The number of sulfonamides is 1. The number of hydrogen-bond acceptors (Lipinski definition) is 4. The van der Waals surface area contributed by atoms with E-state index in [1.54, 1.807) is 6.07 Å². The molecular weight excluding hydrogens is 388 g/mol. The first-order valence-electron chi connectivity index (χ1n) is 7.86. The minimum Gasteiger partial charge on any atom is -0.489 e. The maximum Gasteiger partial charge on any atom is 0.262 e. The van der Waals surface area contributed by atoms with Gasteiger partial charge in [0.25, 0.3) is 10.0 Å². The van der Waals surface area contributed by atoms with Crippen LogP contribution in [0.15, 0.2) is 41.3 Å². The Labute approximate surface area is 154 Å². The number of ether oxygens (including phenoxy) is 2. The zero-order valence-electron chi connectivity index (χ0n) is 13.5. The molecule has 3 rings (SSSR count). The Morgan fingerprint density at radius 1 is 1.19 bits per heavy atom. The van der Waals surface area contributed by atoms with Crippen molar-refractivity contribution in [3.8, 4) is 5.75 Å². The number of nitrogens with one attached hydrogen (secondary N) is 1. The van der Waals surface area contributed by atoms with Crippen LogP contribution in [0.1, 0.15) is 12.8 Å². The van der Waals surface area contributed by atoms with Gasteiger partial charge in [-0.3, -0.25) is 4.72 Å². The molecule has 9 heteroatoms. The highest BCUT2D eigenvalue weighted by Crippen LogP contribution is 2.31. The van der Waals surface area contributed by atoms with E-state index < -0.39 is 26.6 Å². The van der Waals surface area contributed by atoms with Crippen LogP contribution in [-0.2, 0) is 14.8 Å². The molecule has 5 nitrogen and oxygen atoms in total. The lowest BCUT2D eigenvalue weighted by molar-refractivity contribution is 0.0682. The van der Waals surface area contributed by atoms with Crippen molar-refractivity contribution in [2.24, 2.45) is 0 Å². The van der Waals surface area contributed by atoms with Gasteiger partial charge < -0.3 is 9.47 Å². The molecule has 1 atom stereocenters. The summed E-state index contributed by atoms with van der Waals surface area (Å²) in [6.45, 7) is 0.921. The van der Waals surface area contributed by atoms with Gasteiger partial charge >= 0.3 is 0 Å². The van der Waals surface area contributed by atoms with E-state index in [-0.39, 0.29) is 29.2 Å². The van der Waals surface area contributed by atoms with Gasteiger partial charge in [-0.05, 0) is 43.2 Å². The Morgan fingerprint density at radius 3 is 2.58 bits per heavy atom. The van der Waals surface area contributed by atoms with Gasteiger partial charge in [0.1, 0.15) is 24.0 Å². The van der Waals surface area contributed by atoms with Crippen molar-refractivity contribution in [1.82, 2.24) is 0 Å². The van der Waals surface area contributed by atoms with Crippen molar-refractivity contribution in [3.63, 3.8) is 0 Å². The number of anilines is 1. The second kappa shape index (κ2) is 7.77. The van der Waals surface area contributed by atoms with Gasteiger partial charge in [0.2, 0.25) is 0 Å². The second-order valence-electron chi connectivity index (χ2n) is 5.80. The van der Waals surface area contributed by atoms with E-state index >= 15 is 0 Å². The summed E-state index contributed by atoms with van der Waals surface area (Å²) in [6.07, 6.45) is 1.74. The molecule has 0 bridgehead atoms. The quantitative estimate of drug-likeness (QED) is 0.792. The normalized spacial score (nSPS) is 17.3. The number of benzene rings is 2. The van der Waals surface area contributed by atoms with Crippen molar-refractivity contribution < 1.29 is 26.7 Å². The average molecular weight is 404 g/mol. The van der Waals surface area contributed by atoms with Crippen LogP contribution >= 0.6 is 11.6 Å². The molecule has 26 heavy (non-hydrogen) atoms. The third-order valence-electron chi connectivity index (χ3n) is 3.78. The highest BCUT2D eigenvalue weighted by Gasteiger charge is 2.21. The molecule has 0 saturated carbocycles. The molecule has 0 radical (unpaired) electrons. The van der Waals surface area contributed by atoms with Gasteiger partial charge in [0.05, 0.1) is 16.7 Å². The summed E-state index contributed by atoms with van der Waals surface area (Å²) in [5.74, 6) is -1.75. The van der Waals surface area contributed by atoms with E-state index in [1.807, 2.05) is 0 Å². The third kappa shape index (κ3) is 4.63. The van der Waals surface area contributed by atoms with Gasteiger partial charge in [0, 0.05) is 17.7 Å². The molecule has 2 aromatic rings. The SMILES string of the molecule is O=S(=O)(Nc1cc(Cl)ccc1OC[C@H]1CCCO1)c1cc(F)cc(F)c1. The van der Waals surface area contributed by atoms with E-state index in [1.165, 1.54) is 12.1 Å². The van der Waals surface area contributed by atoms with Gasteiger partial charge in [-0.15, -0.1) is 0 Å². The Balaban J connectivity index is 1.84. The fourth-order valence-corrected chi connectivity index (χ4v) is 3.83. The highest BCUT2D eigenvalue weighted by atomic mass is 35.5. The molecule has 1 heterocycles. The molecule has 140 valence electrons. The lowest BCUT2D eigenvalue weighted by atomic mass is 10.2. The Morgan fingerprint density at radius 2 is 1.92 bits per heavy atom. The fraction of sp³-hybridized carbons (Fsp3) is 0.294. The molecule has 0 unspecified atom stereocenters. The molecule has 1 aliphatic heterocycles. The van der Waals surface area contributed by atoms with E-state index in [2.05, 4.69) is 4.72 Å². The average Bonchev–Trinajstić information content (AvgIpc) is 3.06. The summed E-state index contributed by atoms with van der Waals surface area (Å²) in [4.78, 5) is -0.542. The minimum absolute atomic E-state index is 0.0625. The zero-order valence-corrected chi connectivity index (χ0v) is 15.1. The topological polar surface area (TPSA) is 64.6 Å². The van der Waals surface area contributed by atoms with E-state index in [0.717, 1.165) is 25.0 Å². The summed E-state index contributed by atoms with van der Waals surface area (Å²) in [5, 5.41) is 0.276. The third-order valence-corrected chi connectivity index (χ3v) is 5.36. The molecule has 0 aliphatic carbocycles. The van der Waals surface area contributed by atoms with Crippen LogP contribution in [0.4, 0.5) is 14.5 Å². The van der Waals surface area contributed by atoms with E-state index in [0.29, 0.717) is 12.7 Å². The number of halogens is 3. The first-order chi connectivity index (χ1) is 12.3. The van der Waals surface area contributed by atoms with Gasteiger partial charge in [-0.2, -0.15) is 0 Å². The summed E-state index contributed by atoms with van der Waals surface area (Å²) in [6, 6.07) is 6.47. The van der Waals surface area contributed by atoms with Crippen LogP contribution in [0.5, 0.6) is 5.75 Å². The van der Waals surface area contributed by atoms with Crippen LogP contribution < -0.4 is 9.46 Å². The first-order valence-corrected chi connectivity index (χ1v) is 9.72. The van der Waals surface area contributed by atoms with Crippen LogP contribution in [0.3, 0.4) is 0 Å². The van der Waals surface area contributed by atoms with Crippen LogP contribution in [0, 0.1) is 11.6 Å². The summed E-state index contributed by atoms with van der Waals surface area (Å²) < 4.78 is 65.0. The fourth-order valence-electron chi connectivity index (χ4n) is 2.55. The Bertz CT molecular complexity index is 881. The van der Waals surface area contributed by atoms with Crippen molar-refractivity contribution in [2.75, 3.05) is 17.9 Å². The van der Waals surface area contributed by atoms with Gasteiger partial charge in [-0.25, -0.2) is 17.2 Å². The second-order valence-corrected chi connectivity index (χ2v) is 7.92. The summed E-state index contributed by atoms with van der Waals surface area (Å²) in [5.41, 5.74) is 0.0696. The van der Waals surface area contributed by atoms with Crippen molar-refractivity contribution in [3.05, 3.63) is 53.1 Å². The minimum atomic E-state index is -4.23. The molecule has 1 saturated heterocycles. The molecule has 1 fully saturated rings. The molecule has 0 aromatic heterocycles. The summed E-state index contributed by atoms with van der Waals surface area (Å²) >= 11 is 5.93. The number of rotatable bonds is 6. The standard InChI is InChI=1S/C17H16ClF2NO4S/c18-11-3-4-17(25-10-14-2-1-5-24-14)16(6-11)21-26(22,23)15-8-12(19)7-13(20)9-15/h3-4,6-9,14,21H,1-2,5,10H2/t14-/m1/s1. The molecule has 2 aromatic carbocycles.